The number of benzene rings is 1. The number of methoxy groups -OCH3 is 2. The second-order valence-corrected chi connectivity index (χ2v) is 3.73. The Morgan fingerprint density at radius 2 is 2.07 bits per heavy atom. The lowest BCUT2D eigenvalue weighted by Crippen LogP contribution is -1.96. The highest BCUT2D eigenvalue weighted by atomic mass is 16.5. The maximum atomic E-state index is 5.35. The Morgan fingerprint density at radius 1 is 1.29 bits per heavy atom. The van der Waals surface area contributed by atoms with Gasteiger partial charge in [-0.2, -0.15) is 0 Å². The molecule has 0 saturated heterocycles. The molecule has 0 atom stereocenters. The Morgan fingerprint density at radius 3 is 2.64 bits per heavy atom. The van der Waals surface area contributed by atoms with E-state index in [1.54, 1.807) is 14.2 Å². The molecule has 0 aliphatic heterocycles. The molecule has 1 aromatic rings. The van der Waals surface area contributed by atoms with E-state index in [0.29, 0.717) is 0 Å². The van der Waals surface area contributed by atoms with Crippen LogP contribution in [-0.4, -0.2) is 14.2 Å². The number of rotatable bonds is 4. The van der Waals surface area contributed by atoms with Crippen LogP contribution in [0.5, 0.6) is 11.5 Å². The summed E-state index contributed by atoms with van der Waals surface area (Å²) in [6.07, 6.45) is 3.79. The van der Waals surface area contributed by atoms with Crippen LogP contribution in [0, 0.1) is 12.0 Å². The van der Waals surface area contributed by atoms with Gasteiger partial charge in [-0.3, -0.25) is 0 Å². The van der Waals surface area contributed by atoms with Gasteiger partial charge in [-0.1, -0.05) is 0 Å². The second-order valence-electron chi connectivity index (χ2n) is 3.73. The predicted octanol–water partition coefficient (Wildman–Crippen LogP) is 2.46. The minimum Gasteiger partial charge on any atom is -0.493 e. The molecule has 0 bridgehead atoms. The van der Waals surface area contributed by atoms with E-state index in [1.807, 2.05) is 12.1 Å². The molecule has 0 spiro atoms. The van der Waals surface area contributed by atoms with Crippen LogP contribution >= 0.6 is 0 Å². The first-order valence-electron chi connectivity index (χ1n) is 4.96. The molecule has 0 unspecified atom stereocenters. The molecule has 0 aromatic heterocycles. The van der Waals surface area contributed by atoms with Crippen LogP contribution in [0.25, 0.3) is 0 Å². The van der Waals surface area contributed by atoms with E-state index < -0.39 is 0 Å². The fourth-order valence-electron chi connectivity index (χ4n) is 1.68. The van der Waals surface area contributed by atoms with E-state index in [2.05, 4.69) is 6.07 Å². The average molecular weight is 191 g/mol. The average Bonchev–Trinajstić information content (AvgIpc) is 3.01. The molecular formula is C12H15O2. The van der Waals surface area contributed by atoms with Crippen LogP contribution in [0.15, 0.2) is 12.1 Å². The third-order valence-corrected chi connectivity index (χ3v) is 2.62. The first kappa shape index (κ1) is 9.38. The summed E-state index contributed by atoms with van der Waals surface area (Å²) in [6.45, 7) is 0. The Kier molecular flexibility index (Phi) is 2.62. The number of hydrogen-bond acceptors (Lipinski definition) is 2. The second kappa shape index (κ2) is 3.91. The van der Waals surface area contributed by atoms with Crippen LogP contribution < -0.4 is 9.47 Å². The Bertz CT molecular complexity index is 316. The van der Waals surface area contributed by atoms with Crippen LogP contribution in [0.3, 0.4) is 0 Å². The van der Waals surface area contributed by atoms with Gasteiger partial charge in [-0.05, 0) is 48.9 Å². The maximum absolute atomic E-state index is 5.35. The third-order valence-electron chi connectivity index (χ3n) is 2.62. The van der Waals surface area contributed by atoms with Gasteiger partial charge >= 0.3 is 0 Å². The highest BCUT2D eigenvalue weighted by molar-refractivity contribution is 5.46. The summed E-state index contributed by atoms with van der Waals surface area (Å²) < 4.78 is 10.6. The van der Waals surface area contributed by atoms with Crippen LogP contribution in [-0.2, 0) is 6.42 Å². The molecular weight excluding hydrogens is 176 g/mol. The van der Waals surface area contributed by atoms with Crippen LogP contribution in [0.2, 0.25) is 0 Å². The molecule has 2 rings (SSSR count). The van der Waals surface area contributed by atoms with Gasteiger partial charge in [0.1, 0.15) is 0 Å². The minimum atomic E-state index is 0.783. The van der Waals surface area contributed by atoms with Crippen molar-refractivity contribution in [2.75, 3.05) is 14.2 Å². The van der Waals surface area contributed by atoms with E-state index in [-0.39, 0.29) is 0 Å². The van der Waals surface area contributed by atoms with E-state index in [0.717, 1.165) is 23.8 Å². The van der Waals surface area contributed by atoms with Crippen molar-refractivity contribution < 1.29 is 9.47 Å². The van der Waals surface area contributed by atoms with Gasteiger partial charge in [0.2, 0.25) is 0 Å². The maximum Gasteiger partial charge on any atom is 0.163 e. The fourth-order valence-corrected chi connectivity index (χ4v) is 1.68. The van der Waals surface area contributed by atoms with Crippen molar-refractivity contribution >= 4 is 0 Å². The summed E-state index contributed by atoms with van der Waals surface area (Å²) >= 11 is 0. The van der Waals surface area contributed by atoms with Crippen LogP contribution in [0.4, 0.5) is 0 Å². The molecule has 0 amide bonds. The van der Waals surface area contributed by atoms with Gasteiger partial charge in [-0.15, -0.1) is 0 Å². The molecule has 14 heavy (non-hydrogen) atoms. The molecule has 2 heteroatoms. The first-order chi connectivity index (χ1) is 6.85. The monoisotopic (exact) mass is 191 g/mol. The zero-order valence-electron chi connectivity index (χ0n) is 8.67. The van der Waals surface area contributed by atoms with E-state index in [4.69, 9.17) is 9.47 Å². The summed E-state index contributed by atoms with van der Waals surface area (Å²) in [5.41, 5.74) is 1.22. The van der Waals surface area contributed by atoms with Crippen molar-refractivity contribution in [1.82, 2.24) is 0 Å². The molecule has 1 aliphatic rings. The normalized spacial score (nSPS) is 15.3. The lowest BCUT2D eigenvalue weighted by Gasteiger charge is -2.11. The standard InChI is InChI=1S/C12H15O2/c1-13-11-5-3-4-10(12(11)14-2)8-9-6-7-9/h4-5,9H,6-8H2,1-2H3. The lowest BCUT2D eigenvalue weighted by atomic mass is 10.1. The zero-order chi connectivity index (χ0) is 9.97. The molecule has 1 saturated carbocycles. The minimum absolute atomic E-state index is 0.783. The van der Waals surface area contributed by atoms with Crippen molar-refractivity contribution in [1.29, 1.82) is 0 Å². The highest BCUT2D eigenvalue weighted by Gasteiger charge is 2.23. The van der Waals surface area contributed by atoms with Crippen molar-refractivity contribution in [3.63, 3.8) is 0 Å². The topological polar surface area (TPSA) is 18.5 Å². The lowest BCUT2D eigenvalue weighted by molar-refractivity contribution is 0.351. The molecule has 1 aromatic carbocycles. The Labute approximate surface area is 84.8 Å². The summed E-state index contributed by atoms with van der Waals surface area (Å²) in [5, 5.41) is 0. The summed E-state index contributed by atoms with van der Waals surface area (Å²) in [6, 6.07) is 6.90. The summed E-state index contributed by atoms with van der Waals surface area (Å²) in [7, 11) is 3.35. The predicted molar refractivity (Wildman–Crippen MR) is 54.8 cm³/mol. The van der Waals surface area contributed by atoms with Crippen molar-refractivity contribution in [3.05, 3.63) is 23.8 Å². The largest absolute Gasteiger partial charge is 0.493 e. The van der Waals surface area contributed by atoms with Gasteiger partial charge in [-0.25, -0.2) is 0 Å². The third kappa shape index (κ3) is 1.84. The zero-order valence-corrected chi connectivity index (χ0v) is 8.67. The Balaban J connectivity index is 2.26. The molecule has 1 aliphatic carbocycles. The molecule has 1 radical (unpaired) electrons. The molecule has 2 nitrogen and oxygen atoms in total. The number of hydrogen-bond donors (Lipinski definition) is 0. The van der Waals surface area contributed by atoms with Gasteiger partial charge in [0.25, 0.3) is 0 Å². The van der Waals surface area contributed by atoms with E-state index in [1.165, 1.54) is 18.4 Å². The smallest absolute Gasteiger partial charge is 0.163 e. The molecule has 0 N–H and O–H groups in total. The molecule has 1 fully saturated rings. The molecule has 75 valence electrons. The van der Waals surface area contributed by atoms with E-state index >= 15 is 0 Å². The van der Waals surface area contributed by atoms with Gasteiger partial charge in [0.15, 0.2) is 11.5 Å². The Hall–Kier alpha value is -1.18. The van der Waals surface area contributed by atoms with Crippen molar-refractivity contribution in [3.8, 4) is 11.5 Å². The molecule has 0 heterocycles. The van der Waals surface area contributed by atoms with Gasteiger partial charge < -0.3 is 9.47 Å². The fraction of sp³-hybridized carbons (Fsp3) is 0.500. The SMILES string of the molecule is COc1c[c]cc(CC2CC2)c1OC. The first-order valence-corrected chi connectivity index (χ1v) is 4.96. The van der Waals surface area contributed by atoms with Gasteiger partial charge in [0.05, 0.1) is 14.2 Å². The van der Waals surface area contributed by atoms with Crippen molar-refractivity contribution in [2.45, 2.75) is 19.3 Å². The quantitative estimate of drug-likeness (QED) is 0.727. The summed E-state index contributed by atoms with van der Waals surface area (Å²) in [5.74, 6) is 2.51. The van der Waals surface area contributed by atoms with Crippen LogP contribution in [0.1, 0.15) is 18.4 Å². The van der Waals surface area contributed by atoms with Gasteiger partial charge in [0, 0.05) is 0 Å². The van der Waals surface area contributed by atoms with Crippen molar-refractivity contribution in [2.24, 2.45) is 5.92 Å². The number of ether oxygens (including phenoxy) is 2. The highest BCUT2D eigenvalue weighted by Crippen LogP contribution is 2.38. The van der Waals surface area contributed by atoms with E-state index in [9.17, 15) is 0 Å². The summed E-state index contributed by atoms with van der Waals surface area (Å²) in [4.78, 5) is 0.